The predicted molar refractivity (Wildman–Crippen MR) is 278 cm³/mol. The van der Waals surface area contributed by atoms with Crippen LogP contribution in [0.5, 0.6) is 0 Å². The van der Waals surface area contributed by atoms with Gasteiger partial charge in [0.2, 0.25) is 0 Å². The van der Waals surface area contributed by atoms with Gasteiger partial charge in [0.25, 0.3) is 0 Å². The number of rotatable bonds is 11. The summed E-state index contributed by atoms with van der Waals surface area (Å²) >= 11 is 0. The van der Waals surface area contributed by atoms with Crippen LogP contribution in [0.1, 0.15) is 121 Å². The van der Waals surface area contributed by atoms with Crippen molar-refractivity contribution in [2.24, 2.45) is 25.9 Å². The zero-order valence-corrected chi connectivity index (χ0v) is 41.9. The Balaban J connectivity index is 0.000000182. The average Bonchev–Trinajstić information content (AvgIpc) is 3.80. The molecule has 2 aliphatic heterocycles. The van der Waals surface area contributed by atoms with E-state index in [2.05, 4.69) is 22.3 Å². The first-order valence-corrected chi connectivity index (χ1v) is 25.0. The zero-order valence-electron chi connectivity index (χ0n) is 41.1. The summed E-state index contributed by atoms with van der Waals surface area (Å²) in [4.78, 5) is 97.6. The molecule has 14 nitrogen and oxygen atoms in total. The molecule has 2 saturated carbocycles. The van der Waals surface area contributed by atoms with Crippen LogP contribution in [0.3, 0.4) is 0 Å². The summed E-state index contributed by atoms with van der Waals surface area (Å²) in [6.07, 6.45) is 11.6. The highest BCUT2D eigenvalue weighted by atomic mass is 35.5. The number of fused-ring (bicyclic) bond motifs is 2. The van der Waals surface area contributed by atoms with Crippen LogP contribution in [0, 0.1) is 17.7 Å². The second kappa shape index (κ2) is 24.2. The van der Waals surface area contributed by atoms with Gasteiger partial charge in [-0.3, -0.25) is 47.0 Å². The Morgan fingerprint density at radius 2 is 1.00 bits per heavy atom. The molecule has 1 N–H and O–H groups in total. The standard InChI is InChI=1S/C28H31N3O4.C21H27N3O3.C7H5FO.ClH/c1-29-27-21(3-2-4-25(27)31(28(29)35)24-12-11-23(33)17-26(24)34)8-5-19-13-15-30(16-14-19)22-9-6-20(18-32)7-10-22;1-23-20-15(6-5-14-9-11-22-12-10-14)3-2-4-18(20)24(21(23)27)17-8-7-16(25)13-19(17)26;8-7-3-1-6(5-9)2-4-7;/h2-4,6-7,9-10,18-19,24H,5,8,11-17H2,1H3;2-4,14,17,22H,5-13H2,1H3;1-5H;1H. The monoisotopic (exact) mass is 1000 g/mol. The van der Waals surface area contributed by atoms with E-state index in [9.17, 15) is 42.7 Å². The zero-order chi connectivity index (χ0) is 50.2. The van der Waals surface area contributed by atoms with Crippen LogP contribution in [0.4, 0.5) is 10.1 Å². The molecule has 6 aromatic rings. The summed E-state index contributed by atoms with van der Waals surface area (Å²) in [7, 11) is 3.56. The van der Waals surface area contributed by atoms with Gasteiger partial charge >= 0.3 is 11.4 Å². The van der Waals surface area contributed by atoms with Crippen molar-refractivity contribution in [3.8, 4) is 0 Å². The number of nitrogens with one attached hydrogen (secondary N) is 1. The van der Waals surface area contributed by atoms with E-state index in [1.165, 1.54) is 42.7 Å². The Bertz CT molecular complexity index is 3050. The van der Waals surface area contributed by atoms with E-state index < -0.39 is 12.1 Å². The number of halogens is 2. The van der Waals surface area contributed by atoms with Crippen LogP contribution in [-0.4, -0.2) is 80.2 Å². The van der Waals surface area contributed by atoms with Crippen molar-refractivity contribution < 1.29 is 33.2 Å². The van der Waals surface area contributed by atoms with E-state index in [0.717, 1.165) is 110 Å². The molecule has 0 radical (unpaired) electrons. The smallest absolute Gasteiger partial charge is 0.329 e. The molecule has 16 heteroatoms. The van der Waals surface area contributed by atoms with Gasteiger partial charge in [-0.15, -0.1) is 12.4 Å². The van der Waals surface area contributed by atoms with Crippen molar-refractivity contribution in [2.75, 3.05) is 31.1 Å². The van der Waals surface area contributed by atoms with Crippen molar-refractivity contribution in [3.63, 3.8) is 0 Å². The van der Waals surface area contributed by atoms with E-state index in [4.69, 9.17) is 0 Å². The van der Waals surface area contributed by atoms with Gasteiger partial charge in [-0.2, -0.15) is 0 Å². The lowest BCUT2D eigenvalue weighted by atomic mass is 9.90. The molecule has 4 aromatic carbocycles. The number of ketones is 4. The topological polar surface area (TPSA) is 172 Å². The van der Waals surface area contributed by atoms with Gasteiger partial charge in [0.1, 0.15) is 30.0 Å². The molecule has 2 aromatic heterocycles. The highest BCUT2D eigenvalue weighted by Crippen LogP contribution is 2.32. The largest absolute Gasteiger partial charge is 0.372 e. The number of hydrogen-bond donors (Lipinski definition) is 1. The molecule has 2 aliphatic carbocycles. The minimum absolute atomic E-state index is 0. The van der Waals surface area contributed by atoms with Gasteiger partial charge in [-0.25, -0.2) is 14.0 Å². The minimum atomic E-state index is -0.552. The number of aryl methyl sites for hydroxylation is 4. The molecule has 2 saturated heterocycles. The number of anilines is 1. The number of aromatic nitrogens is 4. The number of para-hydroxylation sites is 2. The Morgan fingerprint density at radius 3 is 1.43 bits per heavy atom. The Kier molecular flexibility index (Phi) is 17.9. The van der Waals surface area contributed by atoms with Crippen LogP contribution in [0.15, 0.2) is 94.5 Å². The molecule has 2 unspecified atom stereocenters. The third kappa shape index (κ3) is 12.0. The predicted octanol–water partition coefficient (Wildman–Crippen LogP) is 8.06. The molecule has 0 bridgehead atoms. The van der Waals surface area contributed by atoms with Crippen LogP contribution >= 0.6 is 12.4 Å². The third-order valence-electron chi connectivity index (χ3n) is 15.0. The fraction of sp³-hybridized carbons (Fsp3) is 0.429. The second-order valence-corrected chi connectivity index (χ2v) is 19.5. The molecule has 10 rings (SSSR count). The van der Waals surface area contributed by atoms with E-state index in [-0.39, 0.29) is 65.6 Å². The van der Waals surface area contributed by atoms with Crippen molar-refractivity contribution in [1.29, 1.82) is 0 Å². The number of carbonyl (C=O) groups excluding carboxylic acids is 6. The van der Waals surface area contributed by atoms with E-state index in [1.807, 2.05) is 48.5 Å². The van der Waals surface area contributed by atoms with Crippen LogP contribution in [0.2, 0.25) is 0 Å². The number of nitrogens with zero attached hydrogens (tertiary/aromatic N) is 5. The first-order chi connectivity index (χ1) is 34.3. The maximum Gasteiger partial charge on any atom is 0.329 e. The number of hydrogen-bond acceptors (Lipinski definition) is 10. The first-order valence-electron chi connectivity index (χ1n) is 25.0. The SMILES string of the molecule is Cl.Cn1c(=O)n(C2CCC(=O)CC2=O)c2cccc(CCC3CCN(c4ccc(C=O)cc4)CC3)c21.Cn1c(=O)n(C2CCC(=O)CC2=O)c2cccc(CCC3CCNCC3)c21.O=Cc1ccc(F)cc1. The average molecular weight is 1000 g/mol. The number of imidazole rings is 2. The summed E-state index contributed by atoms with van der Waals surface area (Å²) < 4.78 is 18.7. The lowest BCUT2D eigenvalue weighted by Crippen LogP contribution is -2.34. The third-order valence-corrected chi connectivity index (χ3v) is 15.0. The Morgan fingerprint density at radius 1 is 0.569 bits per heavy atom. The van der Waals surface area contributed by atoms with E-state index in [0.29, 0.717) is 49.0 Å². The first kappa shape index (κ1) is 53.2. The van der Waals surface area contributed by atoms with Crippen molar-refractivity contribution in [1.82, 2.24) is 23.6 Å². The Hall–Kier alpha value is -6.58. The van der Waals surface area contributed by atoms with Crippen molar-refractivity contribution in [3.05, 3.63) is 134 Å². The normalized spacial score (nSPS) is 18.8. The lowest BCUT2D eigenvalue weighted by Gasteiger charge is -2.33. The highest BCUT2D eigenvalue weighted by Gasteiger charge is 2.33. The molecular weight excluding hydrogens is 939 g/mol. The number of aldehydes is 2. The number of carbonyl (C=O) groups is 6. The second-order valence-electron chi connectivity index (χ2n) is 19.5. The molecule has 4 fully saturated rings. The summed E-state index contributed by atoms with van der Waals surface area (Å²) in [5.41, 5.74) is 7.75. The highest BCUT2D eigenvalue weighted by molar-refractivity contribution is 6.04. The maximum atomic E-state index is 13.1. The maximum absolute atomic E-state index is 13.1. The van der Waals surface area contributed by atoms with Gasteiger partial charge in [0, 0.05) is 56.8 Å². The fourth-order valence-electron chi connectivity index (χ4n) is 11.0. The molecule has 380 valence electrons. The Labute approximate surface area is 424 Å². The lowest BCUT2D eigenvalue weighted by molar-refractivity contribution is -0.133. The van der Waals surface area contributed by atoms with Gasteiger partial charge in [0.05, 0.1) is 47.0 Å². The van der Waals surface area contributed by atoms with Crippen LogP contribution < -0.4 is 21.6 Å². The molecule has 4 heterocycles. The molecule has 2 atom stereocenters. The summed E-state index contributed by atoms with van der Waals surface area (Å²) in [6.45, 7) is 4.16. The number of benzene rings is 4. The van der Waals surface area contributed by atoms with Gasteiger partial charge in [-0.05, 0) is 161 Å². The molecule has 0 amide bonds. The summed E-state index contributed by atoms with van der Waals surface area (Å²) in [6, 6.07) is 24.0. The van der Waals surface area contributed by atoms with E-state index >= 15 is 0 Å². The van der Waals surface area contributed by atoms with Gasteiger partial charge in [-0.1, -0.05) is 24.3 Å². The number of Topliss-reactive ketones (excluding diaryl/α,β-unsaturated/α-hetero) is 4. The molecular formula is C56H64ClFN6O8. The summed E-state index contributed by atoms with van der Waals surface area (Å²) in [5, 5.41) is 3.40. The van der Waals surface area contributed by atoms with Crippen LogP contribution in [0.25, 0.3) is 22.1 Å². The van der Waals surface area contributed by atoms with Crippen molar-refractivity contribution in [2.45, 2.75) is 102 Å². The van der Waals surface area contributed by atoms with Gasteiger partial charge < -0.3 is 10.2 Å². The fourth-order valence-corrected chi connectivity index (χ4v) is 11.0. The summed E-state index contributed by atoms with van der Waals surface area (Å²) in [5.74, 6) is 0.666. The minimum Gasteiger partial charge on any atom is -0.372 e. The number of piperidine rings is 2. The molecule has 4 aliphatic rings. The van der Waals surface area contributed by atoms with Gasteiger partial charge in [0.15, 0.2) is 11.6 Å². The van der Waals surface area contributed by atoms with Crippen molar-refractivity contribution >= 4 is 75.9 Å². The van der Waals surface area contributed by atoms with Crippen LogP contribution in [-0.2, 0) is 46.1 Å². The molecule has 0 spiro atoms. The molecule has 72 heavy (non-hydrogen) atoms. The van der Waals surface area contributed by atoms with E-state index in [1.54, 1.807) is 32.4 Å². The quantitative estimate of drug-likeness (QED) is 0.0989.